The van der Waals surface area contributed by atoms with E-state index in [-0.39, 0.29) is 22.9 Å². The van der Waals surface area contributed by atoms with Gasteiger partial charge in [-0.1, -0.05) is 11.6 Å². The second-order valence-electron chi connectivity index (χ2n) is 4.81. The number of likely N-dealkylation sites (N-methyl/N-ethyl adjacent to an activating group) is 2. The minimum absolute atomic E-state index is 0.0761. The average molecular weight is 285 g/mol. The molecular formula is C13H21ClN4O. The SMILES string of the molecule is CCN(C(=O)c1cc(N)nc(Cl)c1)C(C)CN(C)C. The van der Waals surface area contributed by atoms with Crippen molar-refractivity contribution in [2.45, 2.75) is 19.9 Å². The molecule has 106 valence electrons. The van der Waals surface area contributed by atoms with Crippen LogP contribution < -0.4 is 5.73 Å². The molecule has 1 atom stereocenters. The summed E-state index contributed by atoms with van der Waals surface area (Å²) in [5.41, 5.74) is 6.10. The van der Waals surface area contributed by atoms with Gasteiger partial charge >= 0.3 is 0 Å². The summed E-state index contributed by atoms with van der Waals surface area (Å²) in [5.74, 6) is 0.181. The first kappa shape index (κ1) is 15.7. The summed E-state index contributed by atoms with van der Waals surface area (Å²) in [7, 11) is 3.96. The quantitative estimate of drug-likeness (QED) is 0.837. The maximum absolute atomic E-state index is 12.5. The molecule has 5 nitrogen and oxygen atoms in total. The van der Waals surface area contributed by atoms with Crippen LogP contribution in [0.3, 0.4) is 0 Å². The minimum Gasteiger partial charge on any atom is -0.384 e. The van der Waals surface area contributed by atoms with Crippen LogP contribution in [-0.4, -0.2) is 53.9 Å². The smallest absolute Gasteiger partial charge is 0.254 e. The fraction of sp³-hybridized carbons (Fsp3) is 0.538. The first-order valence-corrected chi connectivity index (χ1v) is 6.61. The van der Waals surface area contributed by atoms with Crippen LogP contribution >= 0.6 is 11.6 Å². The van der Waals surface area contributed by atoms with E-state index in [0.717, 1.165) is 6.54 Å². The van der Waals surface area contributed by atoms with Gasteiger partial charge in [0.1, 0.15) is 11.0 Å². The van der Waals surface area contributed by atoms with Gasteiger partial charge in [-0.15, -0.1) is 0 Å². The molecule has 0 aliphatic heterocycles. The molecule has 1 amide bonds. The number of hydrogen-bond acceptors (Lipinski definition) is 4. The van der Waals surface area contributed by atoms with Gasteiger partial charge in [0.05, 0.1) is 0 Å². The molecule has 1 heterocycles. The van der Waals surface area contributed by atoms with Gasteiger partial charge in [-0.3, -0.25) is 4.79 Å². The molecule has 0 spiro atoms. The lowest BCUT2D eigenvalue weighted by Gasteiger charge is -2.30. The number of nitrogen functional groups attached to an aromatic ring is 1. The zero-order valence-electron chi connectivity index (χ0n) is 11.9. The van der Waals surface area contributed by atoms with Gasteiger partial charge in [0.25, 0.3) is 5.91 Å². The maximum atomic E-state index is 12.5. The van der Waals surface area contributed by atoms with Crippen LogP contribution in [0.5, 0.6) is 0 Å². The van der Waals surface area contributed by atoms with Crippen molar-refractivity contribution in [1.29, 1.82) is 0 Å². The molecule has 0 fully saturated rings. The van der Waals surface area contributed by atoms with Crippen molar-refractivity contribution in [2.75, 3.05) is 32.9 Å². The molecule has 1 unspecified atom stereocenters. The molecule has 0 aliphatic carbocycles. The normalized spacial score (nSPS) is 12.5. The van der Waals surface area contributed by atoms with Gasteiger partial charge in [-0.05, 0) is 40.1 Å². The zero-order chi connectivity index (χ0) is 14.6. The summed E-state index contributed by atoms with van der Waals surface area (Å²) in [6, 6.07) is 3.21. The molecule has 0 saturated heterocycles. The van der Waals surface area contributed by atoms with Crippen LogP contribution in [0.15, 0.2) is 12.1 Å². The third-order valence-electron chi connectivity index (χ3n) is 2.82. The molecule has 0 aliphatic rings. The van der Waals surface area contributed by atoms with Gasteiger partial charge < -0.3 is 15.5 Å². The number of hydrogen-bond donors (Lipinski definition) is 1. The predicted molar refractivity (Wildman–Crippen MR) is 78.4 cm³/mol. The zero-order valence-corrected chi connectivity index (χ0v) is 12.6. The first-order valence-electron chi connectivity index (χ1n) is 6.24. The number of nitrogens with two attached hydrogens (primary N) is 1. The Balaban J connectivity index is 2.94. The largest absolute Gasteiger partial charge is 0.384 e. The van der Waals surface area contributed by atoms with Crippen LogP contribution in [0.4, 0.5) is 5.82 Å². The summed E-state index contributed by atoms with van der Waals surface area (Å²) >= 11 is 5.84. The number of amides is 1. The van der Waals surface area contributed by atoms with E-state index in [4.69, 9.17) is 17.3 Å². The van der Waals surface area contributed by atoms with E-state index in [1.165, 1.54) is 0 Å². The van der Waals surface area contributed by atoms with Crippen molar-refractivity contribution >= 4 is 23.3 Å². The number of halogens is 1. The third-order valence-corrected chi connectivity index (χ3v) is 3.02. The summed E-state index contributed by atoms with van der Waals surface area (Å²) < 4.78 is 0. The monoisotopic (exact) mass is 284 g/mol. The summed E-state index contributed by atoms with van der Waals surface area (Å²) in [5, 5.41) is 0.236. The van der Waals surface area contributed by atoms with Gasteiger partial charge in [0.15, 0.2) is 0 Å². The molecule has 19 heavy (non-hydrogen) atoms. The summed E-state index contributed by atoms with van der Waals surface area (Å²) in [6.07, 6.45) is 0. The highest BCUT2D eigenvalue weighted by Gasteiger charge is 2.21. The Hall–Kier alpha value is -1.33. The summed E-state index contributed by atoms with van der Waals surface area (Å²) in [6.45, 7) is 5.41. The molecule has 6 heteroatoms. The number of aromatic nitrogens is 1. The van der Waals surface area contributed by atoms with E-state index in [9.17, 15) is 4.79 Å². The summed E-state index contributed by atoms with van der Waals surface area (Å²) in [4.78, 5) is 20.2. The van der Waals surface area contributed by atoms with E-state index in [1.807, 2.05) is 27.9 Å². The first-order chi connectivity index (χ1) is 8.85. The minimum atomic E-state index is -0.0761. The molecule has 1 aromatic heterocycles. The Labute approximate surface area is 119 Å². The van der Waals surface area contributed by atoms with Gasteiger partial charge in [-0.25, -0.2) is 4.98 Å². The topological polar surface area (TPSA) is 62.5 Å². The van der Waals surface area contributed by atoms with Crippen LogP contribution in [0.25, 0.3) is 0 Å². The molecule has 0 bridgehead atoms. The molecule has 0 aromatic carbocycles. The van der Waals surface area contributed by atoms with Gasteiger partial charge in [0.2, 0.25) is 0 Å². The predicted octanol–water partition coefficient (Wildman–Crippen LogP) is 1.73. The van der Waals surface area contributed by atoms with E-state index in [1.54, 1.807) is 17.0 Å². The van der Waals surface area contributed by atoms with Gasteiger partial charge in [-0.2, -0.15) is 0 Å². The van der Waals surface area contributed by atoms with E-state index < -0.39 is 0 Å². The van der Waals surface area contributed by atoms with Crippen LogP contribution in [0.1, 0.15) is 24.2 Å². The highest BCUT2D eigenvalue weighted by Crippen LogP contribution is 2.15. The number of carbonyl (C=O) groups is 1. The number of anilines is 1. The molecule has 1 rings (SSSR count). The lowest BCUT2D eigenvalue weighted by molar-refractivity contribution is 0.0679. The van der Waals surface area contributed by atoms with Crippen molar-refractivity contribution in [3.63, 3.8) is 0 Å². The lowest BCUT2D eigenvalue weighted by atomic mass is 10.2. The molecule has 1 aromatic rings. The Bertz CT molecular complexity index is 430. The Kier molecular flexibility index (Phi) is 5.57. The molecule has 2 N–H and O–H groups in total. The van der Waals surface area contributed by atoms with Crippen molar-refractivity contribution in [3.05, 3.63) is 22.8 Å². The molecular weight excluding hydrogens is 264 g/mol. The van der Waals surface area contributed by atoms with Gasteiger partial charge in [0, 0.05) is 24.7 Å². The second-order valence-corrected chi connectivity index (χ2v) is 5.19. The van der Waals surface area contributed by atoms with Crippen molar-refractivity contribution in [2.24, 2.45) is 0 Å². The Morgan fingerprint density at radius 2 is 2.11 bits per heavy atom. The van der Waals surface area contributed by atoms with Crippen molar-refractivity contribution in [3.8, 4) is 0 Å². The number of nitrogens with zero attached hydrogens (tertiary/aromatic N) is 3. The highest BCUT2D eigenvalue weighted by atomic mass is 35.5. The fourth-order valence-electron chi connectivity index (χ4n) is 2.09. The highest BCUT2D eigenvalue weighted by molar-refractivity contribution is 6.29. The number of pyridine rings is 1. The second kappa shape index (κ2) is 6.73. The fourth-order valence-corrected chi connectivity index (χ4v) is 2.30. The lowest BCUT2D eigenvalue weighted by Crippen LogP contribution is -2.43. The van der Waals surface area contributed by atoms with E-state index >= 15 is 0 Å². The van der Waals surface area contributed by atoms with Crippen LogP contribution in [0.2, 0.25) is 5.15 Å². The molecule has 0 saturated carbocycles. The van der Waals surface area contributed by atoms with Crippen LogP contribution in [0, 0.1) is 0 Å². The van der Waals surface area contributed by atoms with E-state index in [2.05, 4.69) is 9.88 Å². The van der Waals surface area contributed by atoms with Crippen molar-refractivity contribution < 1.29 is 4.79 Å². The Morgan fingerprint density at radius 3 is 2.58 bits per heavy atom. The number of rotatable bonds is 5. The average Bonchev–Trinajstić information content (AvgIpc) is 2.27. The molecule has 0 radical (unpaired) electrons. The Morgan fingerprint density at radius 1 is 1.47 bits per heavy atom. The van der Waals surface area contributed by atoms with Crippen molar-refractivity contribution in [1.82, 2.24) is 14.8 Å². The maximum Gasteiger partial charge on any atom is 0.254 e. The van der Waals surface area contributed by atoms with E-state index in [0.29, 0.717) is 12.1 Å². The standard InChI is InChI=1S/C13H21ClN4O/c1-5-18(9(2)8-17(3)4)13(19)10-6-11(14)16-12(15)7-10/h6-7,9H,5,8H2,1-4H3,(H2,15,16). The van der Waals surface area contributed by atoms with Crippen LogP contribution in [-0.2, 0) is 0 Å². The number of carbonyl (C=O) groups excluding carboxylic acids is 1. The third kappa shape index (κ3) is 4.36.